The van der Waals surface area contributed by atoms with Crippen molar-refractivity contribution in [3.63, 3.8) is 0 Å². The topological polar surface area (TPSA) is 41.1 Å². The van der Waals surface area contributed by atoms with E-state index < -0.39 is 0 Å². The maximum Gasteiger partial charge on any atom is 0.0737 e. The van der Waals surface area contributed by atoms with Crippen LogP contribution in [0, 0.1) is 6.92 Å². The molecule has 1 fully saturated rings. The second kappa shape index (κ2) is 6.54. The number of benzene rings is 1. The van der Waals surface area contributed by atoms with Crippen LogP contribution in [0.4, 0.5) is 0 Å². The predicted molar refractivity (Wildman–Crippen MR) is 98.2 cm³/mol. The zero-order chi connectivity index (χ0) is 16.5. The Bertz CT molecular complexity index is 862. The number of fused-ring (bicyclic) bond motifs is 3. The number of likely N-dealkylation sites (tertiary alicyclic amines) is 1. The van der Waals surface area contributed by atoms with Gasteiger partial charge in [-0.05, 0) is 44.5 Å². The van der Waals surface area contributed by atoms with Gasteiger partial charge in [0.15, 0.2) is 0 Å². The molecule has 1 aromatic carbocycles. The lowest BCUT2D eigenvalue weighted by molar-refractivity contribution is 0.185. The maximum absolute atomic E-state index is 5.46. The second-order valence-corrected chi connectivity index (χ2v) is 6.85. The van der Waals surface area contributed by atoms with Gasteiger partial charge in [0.25, 0.3) is 0 Å². The molecule has 24 heavy (non-hydrogen) atoms. The van der Waals surface area contributed by atoms with E-state index in [0.29, 0.717) is 6.61 Å². The van der Waals surface area contributed by atoms with Crippen molar-refractivity contribution in [3.8, 4) is 0 Å². The average Bonchev–Trinajstić information content (AvgIpc) is 2.98. The highest BCUT2D eigenvalue weighted by molar-refractivity contribution is 6.10. The molecule has 3 heterocycles. The summed E-state index contributed by atoms with van der Waals surface area (Å²) in [5.41, 5.74) is 5.96. The van der Waals surface area contributed by atoms with Crippen LogP contribution in [0.15, 0.2) is 24.4 Å². The van der Waals surface area contributed by atoms with Gasteiger partial charge in [-0.15, -0.1) is 0 Å². The van der Waals surface area contributed by atoms with Crippen LogP contribution in [-0.2, 0) is 17.9 Å². The third kappa shape index (κ3) is 2.70. The van der Waals surface area contributed by atoms with Gasteiger partial charge in [-0.2, -0.15) is 0 Å². The lowest BCUT2D eigenvalue weighted by Gasteiger charge is -2.26. The molecule has 1 saturated heterocycles. The minimum absolute atomic E-state index is 0.598. The number of nitrogens with one attached hydrogen (secondary N) is 1. The number of aromatic nitrogens is 2. The van der Waals surface area contributed by atoms with Crippen molar-refractivity contribution in [2.75, 3.05) is 20.2 Å². The third-order valence-corrected chi connectivity index (χ3v) is 5.20. The quantitative estimate of drug-likeness (QED) is 0.784. The monoisotopic (exact) mass is 323 g/mol. The Morgan fingerprint density at radius 2 is 1.96 bits per heavy atom. The normalized spacial score (nSPS) is 16.2. The molecule has 0 radical (unpaired) electrons. The van der Waals surface area contributed by atoms with Crippen LogP contribution in [-0.4, -0.2) is 35.1 Å². The minimum Gasteiger partial charge on any atom is -0.380 e. The summed E-state index contributed by atoms with van der Waals surface area (Å²) in [7, 11) is 1.75. The fourth-order valence-corrected chi connectivity index (χ4v) is 3.98. The molecular formula is C20H25N3O. The van der Waals surface area contributed by atoms with E-state index in [1.807, 2.05) is 6.20 Å². The van der Waals surface area contributed by atoms with Crippen LogP contribution in [0.1, 0.15) is 36.1 Å². The fourth-order valence-electron chi connectivity index (χ4n) is 3.98. The average molecular weight is 323 g/mol. The van der Waals surface area contributed by atoms with Gasteiger partial charge in [0.1, 0.15) is 0 Å². The first-order valence-electron chi connectivity index (χ1n) is 8.87. The number of rotatable bonds is 4. The highest BCUT2D eigenvalue weighted by Gasteiger charge is 2.17. The first kappa shape index (κ1) is 15.6. The van der Waals surface area contributed by atoms with E-state index in [9.17, 15) is 0 Å². The molecule has 4 rings (SSSR count). The number of nitrogens with zero attached hydrogens (tertiary/aromatic N) is 2. The third-order valence-electron chi connectivity index (χ3n) is 5.20. The highest BCUT2D eigenvalue weighted by Crippen LogP contribution is 2.33. The van der Waals surface area contributed by atoms with Crippen molar-refractivity contribution < 1.29 is 4.74 Å². The summed E-state index contributed by atoms with van der Waals surface area (Å²) in [6.45, 7) is 6.12. The Hall–Kier alpha value is -1.91. The van der Waals surface area contributed by atoms with Crippen LogP contribution in [0.5, 0.6) is 0 Å². The first-order chi connectivity index (χ1) is 11.8. The van der Waals surface area contributed by atoms with Crippen LogP contribution in [0.3, 0.4) is 0 Å². The molecule has 0 saturated carbocycles. The fraction of sp³-hybridized carbons (Fsp3) is 0.450. The van der Waals surface area contributed by atoms with E-state index in [2.05, 4.69) is 40.0 Å². The molecule has 1 N–H and O–H groups in total. The molecule has 1 aliphatic rings. The van der Waals surface area contributed by atoms with Gasteiger partial charge in [0.2, 0.25) is 0 Å². The molecular weight excluding hydrogens is 298 g/mol. The number of methoxy groups -OCH3 is 1. The van der Waals surface area contributed by atoms with Crippen molar-refractivity contribution in [2.45, 2.75) is 39.3 Å². The molecule has 0 spiro atoms. The van der Waals surface area contributed by atoms with E-state index >= 15 is 0 Å². The highest BCUT2D eigenvalue weighted by atomic mass is 16.5. The number of aryl methyl sites for hydroxylation is 1. The maximum atomic E-state index is 5.46. The summed E-state index contributed by atoms with van der Waals surface area (Å²) in [6.07, 6.45) is 5.97. The van der Waals surface area contributed by atoms with E-state index in [4.69, 9.17) is 4.74 Å². The Kier molecular flexibility index (Phi) is 4.25. The van der Waals surface area contributed by atoms with Crippen LogP contribution < -0.4 is 0 Å². The Balaban J connectivity index is 1.88. The molecule has 0 atom stereocenters. The number of pyridine rings is 1. The summed E-state index contributed by atoms with van der Waals surface area (Å²) in [4.78, 5) is 10.7. The van der Waals surface area contributed by atoms with Crippen molar-refractivity contribution in [2.24, 2.45) is 0 Å². The van der Waals surface area contributed by atoms with Crippen LogP contribution >= 0.6 is 0 Å². The van der Waals surface area contributed by atoms with Gasteiger partial charge in [0.05, 0.1) is 18.3 Å². The molecule has 3 aromatic rings. The molecule has 1 aliphatic heterocycles. The number of H-pyrrole nitrogens is 1. The molecule has 0 amide bonds. The van der Waals surface area contributed by atoms with Gasteiger partial charge in [-0.1, -0.05) is 18.6 Å². The number of piperidine rings is 1. The summed E-state index contributed by atoms with van der Waals surface area (Å²) < 4.78 is 5.46. The molecule has 126 valence electrons. The minimum atomic E-state index is 0.598. The van der Waals surface area contributed by atoms with Crippen molar-refractivity contribution >= 4 is 21.8 Å². The van der Waals surface area contributed by atoms with Crippen molar-refractivity contribution in [1.82, 2.24) is 14.9 Å². The molecule has 4 nitrogen and oxygen atoms in total. The standard InChI is InChI=1S/C20H25N3O/c1-14-16(13-24-2)20-18(11-21-14)22-17-8-6-7-15(19(17)20)12-23-9-4-3-5-10-23/h6-8,11,22H,3-5,9-10,12-13H2,1-2H3. The van der Waals surface area contributed by atoms with E-state index in [0.717, 1.165) is 17.8 Å². The van der Waals surface area contributed by atoms with Crippen molar-refractivity contribution in [3.05, 3.63) is 41.2 Å². The molecule has 0 bridgehead atoms. The lowest BCUT2D eigenvalue weighted by Crippen LogP contribution is -2.29. The number of ether oxygens (including phenoxy) is 1. The number of hydrogen-bond acceptors (Lipinski definition) is 3. The Morgan fingerprint density at radius 1 is 1.12 bits per heavy atom. The van der Waals surface area contributed by atoms with Gasteiger partial charge in [0, 0.05) is 41.2 Å². The second-order valence-electron chi connectivity index (χ2n) is 6.85. The molecule has 2 aromatic heterocycles. The predicted octanol–water partition coefficient (Wildman–Crippen LogP) is 4.16. The SMILES string of the molecule is COCc1c(C)ncc2[nH]c3cccc(CN4CCCCC4)c3c12. The number of hydrogen-bond donors (Lipinski definition) is 1. The zero-order valence-electron chi connectivity index (χ0n) is 14.6. The Morgan fingerprint density at radius 3 is 2.75 bits per heavy atom. The van der Waals surface area contributed by atoms with Crippen LogP contribution in [0.25, 0.3) is 21.8 Å². The van der Waals surface area contributed by atoms with E-state index in [1.165, 1.54) is 59.8 Å². The van der Waals surface area contributed by atoms with Gasteiger partial charge in [-0.25, -0.2) is 0 Å². The van der Waals surface area contributed by atoms with Crippen LogP contribution in [0.2, 0.25) is 0 Å². The van der Waals surface area contributed by atoms with Crippen molar-refractivity contribution in [1.29, 1.82) is 0 Å². The number of aromatic amines is 1. The largest absolute Gasteiger partial charge is 0.380 e. The molecule has 0 unspecified atom stereocenters. The summed E-state index contributed by atoms with van der Waals surface area (Å²) in [6, 6.07) is 6.60. The molecule has 4 heteroatoms. The van der Waals surface area contributed by atoms with Gasteiger partial charge in [-0.3, -0.25) is 9.88 Å². The molecule has 0 aliphatic carbocycles. The van der Waals surface area contributed by atoms with Gasteiger partial charge < -0.3 is 9.72 Å². The summed E-state index contributed by atoms with van der Waals surface area (Å²) >= 11 is 0. The van der Waals surface area contributed by atoms with E-state index in [1.54, 1.807) is 7.11 Å². The lowest BCUT2D eigenvalue weighted by atomic mass is 10.0. The van der Waals surface area contributed by atoms with E-state index in [-0.39, 0.29) is 0 Å². The summed E-state index contributed by atoms with van der Waals surface area (Å²) in [5.74, 6) is 0. The Labute approximate surface area is 142 Å². The zero-order valence-corrected chi connectivity index (χ0v) is 14.6. The summed E-state index contributed by atoms with van der Waals surface area (Å²) in [5, 5.41) is 2.63. The smallest absolute Gasteiger partial charge is 0.0737 e. The first-order valence-corrected chi connectivity index (χ1v) is 8.87. The van der Waals surface area contributed by atoms with Gasteiger partial charge >= 0.3 is 0 Å².